The molecule has 1 N–H and O–H groups in total. The number of nitrogens with zero attached hydrogens (tertiary/aromatic N) is 2. The lowest BCUT2D eigenvalue weighted by Gasteiger charge is -2.37. The van der Waals surface area contributed by atoms with Crippen LogP contribution < -0.4 is 10.2 Å². The molecule has 1 amide bonds. The zero-order chi connectivity index (χ0) is 15.5. The summed E-state index contributed by atoms with van der Waals surface area (Å²) < 4.78 is 0. The number of anilines is 2. The van der Waals surface area contributed by atoms with Crippen LogP contribution in [-0.4, -0.2) is 44.0 Å². The molecule has 0 aliphatic carbocycles. The van der Waals surface area contributed by atoms with Crippen molar-refractivity contribution in [3.63, 3.8) is 0 Å². The predicted octanol–water partition coefficient (Wildman–Crippen LogP) is 2.81. The molecule has 0 unspecified atom stereocenters. The quantitative estimate of drug-likeness (QED) is 0.929. The molecule has 116 valence electrons. The van der Waals surface area contributed by atoms with Gasteiger partial charge in [0.2, 0.25) is 5.91 Å². The SMILES string of the molecule is CNc1ccc(N2CCN(C(=O)CC(C)(C)C)CC2)cc1. The van der Waals surface area contributed by atoms with Gasteiger partial charge < -0.3 is 15.1 Å². The summed E-state index contributed by atoms with van der Waals surface area (Å²) in [6.45, 7) is 9.81. The second-order valence-corrected chi connectivity index (χ2v) is 6.90. The number of carbonyl (C=O) groups is 1. The van der Waals surface area contributed by atoms with Gasteiger partial charge in [0.15, 0.2) is 0 Å². The van der Waals surface area contributed by atoms with Crippen LogP contribution in [0.15, 0.2) is 24.3 Å². The zero-order valence-corrected chi connectivity index (χ0v) is 13.6. The summed E-state index contributed by atoms with van der Waals surface area (Å²) in [5.41, 5.74) is 2.42. The molecule has 0 saturated carbocycles. The highest BCUT2D eigenvalue weighted by Crippen LogP contribution is 2.22. The average molecular weight is 289 g/mol. The molecule has 1 fully saturated rings. The Balaban J connectivity index is 1.89. The summed E-state index contributed by atoms with van der Waals surface area (Å²) in [6, 6.07) is 8.45. The van der Waals surface area contributed by atoms with Gasteiger partial charge in [0.25, 0.3) is 0 Å². The van der Waals surface area contributed by atoms with Crippen molar-refractivity contribution in [2.45, 2.75) is 27.2 Å². The van der Waals surface area contributed by atoms with Crippen molar-refractivity contribution < 1.29 is 4.79 Å². The Bertz CT molecular complexity index is 468. The lowest BCUT2D eigenvalue weighted by Crippen LogP contribution is -2.49. The third kappa shape index (κ3) is 4.38. The van der Waals surface area contributed by atoms with Crippen LogP contribution in [-0.2, 0) is 4.79 Å². The van der Waals surface area contributed by atoms with Crippen LogP contribution in [0.1, 0.15) is 27.2 Å². The number of benzene rings is 1. The van der Waals surface area contributed by atoms with E-state index in [4.69, 9.17) is 0 Å². The van der Waals surface area contributed by atoms with Gasteiger partial charge >= 0.3 is 0 Å². The van der Waals surface area contributed by atoms with Crippen molar-refractivity contribution >= 4 is 17.3 Å². The van der Waals surface area contributed by atoms with Gasteiger partial charge in [0, 0.05) is 51.0 Å². The molecule has 4 nitrogen and oxygen atoms in total. The fourth-order valence-corrected chi connectivity index (χ4v) is 2.62. The normalized spacial score (nSPS) is 16.0. The van der Waals surface area contributed by atoms with Crippen molar-refractivity contribution in [2.24, 2.45) is 5.41 Å². The van der Waals surface area contributed by atoms with Gasteiger partial charge in [-0.3, -0.25) is 4.79 Å². The zero-order valence-electron chi connectivity index (χ0n) is 13.6. The molecule has 1 saturated heterocycles. The molecular formula is C17H27N3O. The van der Waals surface area contributed by atoms with Crippen LogP contribution in [0.4, 0.5) is 11.4 Å². The van der Waals surface area contributed by atoms with Gasteiger partial charge in [-0.1, -0.05) is 20.8 Å². The molecule has 0 radical (unpaired) electrons. The first-order valence-corrected chi connectivity index (χ1v) is 7.69. The minimum Gasteiger partial charge on any atom is -0.388 e. The number of amides is 1. The number of nitrogens with one attached hydrogen (secondary N) is 1. The van der Waals surface area contributed by atoms with E-state index in [1.807, 2.05) is 11.9 Å². The summed E-state index contributed by atoms with van der Waals surface area (Å²) in [7, 11) is 1.93. The van der Waals surface area contributed by atoms with E-state index < -0.39 is 0 Å². The third-order valence-corrected chi connectivity index (χ3v) is 3.84. The molecule has 2 rings (SSSR count). The van der Waals surface area contributed by atoms with Crippen molar-refractivity contribution in [1.82, 2.24) is 4.90 Å². The molecule has 1 heterocycles. The number of rotatable bonds is 3. The summed E-state index contributed by atoms with van der Waals surface area (Å²) in [4.78, 5) is 16.6. The maximum Gasteiger partial charge on any atom is 0.223 e. The Labute approximate surface area is 128 Å². The number of hydrogen-bond donors (Lipinski definition) is 1. The monoisotopic (exact) mass is 289 g/mol. The molecule has 0 bridgehead atoms. The second-order valence-electron chi connectivity index (χ2n) is 6.90. The predicted molar refractivity (Wildman–Crippen MR) is 88.9 cm³/mol. The van der Waals surface area contributed by atoms with Crippen LogP contribution in [0.3, 0.4) is 0 Å². The number of carbonyl (C=O) groups excluding carboxylic acids is 1. The van der Waals surface area contributed by atoms with E-state index in [0.717, 1.165) is 31.9 Å². The Morgan fingerprint density at radius 1 is 1.10 bits per heavy atom. The van der Waals surface area contributed by atoms with Gasteiger partial charge in [-0.15, -0.1) is 0 Å². The summed E-state index contributed by atoms with van der Waals surface area (Å²) in [5.74, 6) is 0.285. The van der Waals surface area contributed by atoms with Crippen LogP contribution in [0, 0.1) is 5.41 Å². The van der Waals surface area contributed by atoms with Crippen molar-refractivity contribution in [3.8, 4) is 0 Å². The van der Waals surface area contributed by atoms with Crippen molar-refractivity contribution in [1.29, 1.82) is 0 Å². The summed E-state index contributed by atoms with van der Waals surface area (Å²) in [6.07, 6.45) is 0.629. The van der Waals surface area contributed by atoms with Gasteiger partial charge in [0.05, 0.1) is 0 Å². The molecule has 1 aromatic rings. The van der Waals surface area contributed by atoms with E-state index >= 15 is 0 Å². The highest BCUT2D eigenvalue weighted by atomic mass is 16.2. The molecular weight excluding hydrogens is 262 g/mol. The molecule has 0 atom stereocenters. The highest BCUT2D eigenvalue weighted by Gasteiger charge is 2.24. The Morgan fingerprint density at radius 3 is 2.14 bits per heavy atom. The lowest BCUT2D eigenvalue weighted by molar-refractivity contribution is -0.133. The third-order valence-electron chi connectivity index (χ3n) is 3.84. The molecule has 0 spiro atoms. The van der Waals surface area contributed by atoms with Gasteiger partial charge in [-0.05, 0) is 29.7 Å². The Morgan fingerprint density at radius 2 is 1.67 bits per heavy atom. The Hall–Kier alpha value is -1.71. The largest absolute Gasteiger partial charge is 0.388 e. The van der Waals surface area contributed by atoms with Gasteiger partial charge in [-0.2, -0.15) is 0 Å². The van der Waals surface area contributed by atoms with E-state index in [2.05, 4.69) is 55.3 Å². The van der Waals surface area contributed by atoms with Gasteiger partial charge in [-0.25, -0.2) is 0 Å². The van der Waals surface area contributed by atoms with E-state index in [1.165, 1.54) is 5.69 Å². The first kappa shape index (κ1) is 15.7. The van der Waals surface area contributed by atoms with Crippen molar-refractivity contribution in [2.75, 3.05) is 43.4 Å². The van der Waals surface area contributed by atoms with E-state index in [9.17, 15) is 4.79 Å². The average Bonchev–Trinajstić information content (AvgIpc) is 2.46. The fourth-order valence-electron chi connectivity index (χ4n) is 2.62. The van der Waals surface area contributed by atoms with Crippen LogP contribution in [0.25, 0.3) is 0 Å². The van der Waals surface area contributed by atoms with Gasteiger partial charge in [0.1, 0.15) is 0 Å². The minimum absolute atomic E-state index is 0.0667. The smallest absolute Gasteiger partial charge is 0.223 e. The molecule has 1 aromatic carbocycles. The molecule has 0 aromatic heterocycles. The number of hydrogen-bond acceptors (Lipinski definition) is 3. The first-order chi connectivity index (χ1) is 9.89. The Kier molecular flexibility index (Phi) is 4.76. The lowest BCUT2D eigenvalue weighted by atomic mass is 9.91. The maximum absolute atomic E-state index is 12.2. The molecule has 1 aliphatic rings. The maximum atomic E-state index is 12.2. The fraction of sp³-hybridized carbons (Fsp3) is 0.588. The van der Waals surface area contributed by atoms with Crippen LogP contribution in [0.5, 0.6) is 0 Å². The topological polar surface area (TPSA) is 35.6 Å². The van der Waals surface area contributed by atoms with Crippen LogP contribution >= 0.6 is 0 Å². The van der Waals surface area contributed by atoms with E-state index in [0.29, 0.717) is 6.42 Å². The van der Waals surface area contributed by atoms with Crippen molar-refractivity contribution in [3.05, 3.63) is 24.3 Å². The molecule has 4 heteroatoms. The number of piperazine rings is 1. The summed E-state index contributed by atoms with van der Waals surface area (Å²) >= 11 is 0. The molecule has 21 heavy (non-hydrogen) atoms. The second kappa shape index (κ2) is 6.37. The first-order valence-electron chi connectivity index (χ1n) is 7.69. The summed E-state index contributed by atoms with van der Waals surface area (Å²) in [5, 5.41) is 3.13. The molecule has 1 aliphatic heterocycles. The standard InChI is InChI=1S/C17H27N3O/c1-17(2,3)13-16(21)20-11-9-19(10-12-20)15-7-5-14(18-4)6-8-15/h5-8,18H,9-13H2,1-4H3. The van der Waals surface area contributed by atoms with Crippen LogP contribution in [0.2, 0.25) is 0 Å². The van der Waals surface area contributed by atoms with E-state index in [-0.39, 0.29) is 11.3 Å². The highest BCUT2D eigenvalue weighted by molar-refractivity contribution is 5.77. The minimum atomic E-state index is 0.0667. The van der Waals surface area contributed by atoms with E-state index in [1.54, 1.807) is 0 Å².